The van der Waals surface area contributed by atoms with Crippen LogP contribution >= 0.6 is 11.8 Å². The monoisotopic (exact) mass is 363 g/mol. The van der Waals surface area contributed by atoms with Crippen LogP contribution in [0.5, 0.6) is 0 Å². The molecule has 0 aliphatic carbocycles. The molecule has 130 valence electrons. The standard InChI is InChI=1S/C20H17N3O2S/c1-13-18(14(2)25-23-13)12-26-19-9-4-3-8-17(19)20(24)22-16-7-5-6-15(10-16)11-21/h3-10H,12H2,1-2H3,(H,22,24). The van der Waals surface area contributed by atoms with E-state index in [1.807, 2.05) is 32.0 Å². The maximum atomic E-state index is 12.7. The van der Waals surface area contributed by atoms with Crippen LogP contribution in [0.15, 0.2) is 57.9 Å². The van der Waals surface area contributed by atoms with Crippen LogP contribution in [0.25, 0.3) is 0 Å². The van der Waals surface area contributed by atoms with Gasteiger partial charge in [-0.25, -0.2) is 0 Å². The van der Waals surface area contributed by atoms with Crippen molar-refractivity contribution in [2.24, 2.45) is 0 Å². The average Bonchev–Trinajstić information content (AvgIpc) is 2.98. The minimum Gasteiger partial charge on any atom is -0.361 e. The molecule has 0 aliphatic rings. The van der Waals surface area contributed by atoms with Crippen molar-refractivity contribution >= 4 is 23.4 Å². The number of aromatic nitrogens is 1. The summed E-state index contributed by atoms with van der Waals surface area (Å²) >= 11 is 1.57. The smallest absolute Gasteiger partial charge is 0.256 e. The van der Waals surface area contributed by atoms with Crippen LogP contribution in [0.2, 0.25) is 0 Å². The summed E-state index contributed by atoms with van der Waals surface area (Å²) < 4.78 is 5.19. The highest BCUT2D eigenvalue weighted by molar-refractivity contribution is 7.98. The Morgan fingerprint density at radius 1 is 1.23 bits per heavy atom. The Balaban J connectivity index is 1.78. The number of benzene rings is 2. The summed E-state index contributed by atoms with van der Waals surface area (Å²) in [5.74, 6) is 1.27. The molecule has 0 aliphatic heterocycles. The summed E-state index contributed by atoms with van der Waals surface area (Å²) in [5, 5.41) is 15.8. The van der Waals surface area contributed by atoms with E-state index in [-0.39, 0.29) is 5.91 Å². The molecule has 0 atom stereocenters. The third kappa shape index (κ3) is 3.95. The van der Waals surface area contributed by atoms with Gasteiger partial charge >= 0.3 is 0 Å². The topological polar surface area (TPSA) is 78.9 Å². The second-order valence-corrected chi connectivity index (χ2v) is 6.75. The lowest BCUT2D eigenvalue weighted by Gasteiger charge is -2.10. The van der Waals surface area contributed by atoms with Crippen molar-refractivity contribution in [2.75, 3.05) is 5.32 Å². The van der Waals surface area contributed by atoms with E-state index in [0.717, 1.165) is 21.9 Å². The molecule has 6 heteroatoms. The van der Waals surface area contributed by atoms with Gasteiger partial charge in [0.05, 0.1) is 22.9 Å². The van der Waals surface area contributed by atoms with Crippen LogP contribution in [0, 0.1) is 25.2 Å². The van der Waals surface area contributed by atoms with E-state index in [2.05, 4.69) is 16.5 Å². The highest BCUT2D eigenvalue weighted by Gasteiger charge is 2.14. The molecular weight excluding hydrogens is 346 g/mol. The fourth-order valence-electron chi connectivity index (χ4n) is 2.50. The van der Waals surface area contributed by atoms with Gasteiger partial charge in [-0.1, -0.05) is 23.4 Å². The number of carbonyl (C=O) groups is 1. The number of amides is 1. The molecule has 0 fully saturated rings. The van der Waals surface area contributed by atoms with Gasteiger partial charge in [0.2, 0.25) is 0 Å². The zero-order valence-electron chi connectivity index (χ0n) is 14.4. The van der Waals surface area contributed by atoms with Gasteiger partial charge in [0.15, 0.2) is 0 Å². The predicted octanol–water partition coefficient (Wildman–Crippen LogP) is 4.71. The lowest BCUT2D eigenvalue weighted by atomic mass is 10.2. The second-order valence-electron chi connectivity index (χ2n) is 5.73. The van der Waals surface area contributed by atoms with Gasteiger partial charge < -0.3 is 9.84 Å². The lowest BCUT2D eigenvalue weighted by Crippen LogP contribution is -2.13. The van der Waals surface area contributed by atoms with Crippen LogP contribution in [0.4, 0.5) is 5.69 Å². The van der Waals surface area contributed by atoms with E-state index in [0.29, 0.717) is 22.6 Å². The van der Waals surface area contributed by atoms with E-state index in [1.165, 1.54) is 0 Å². The summed E-state index contributed by atoms with van der Waals surface area (Å²) in [7, 11) is 0. The van der Waals surface area contributed by atoms with Crippen LogP contribution < -0.4 is 5.32 Å². The lowest BCUT2D eigenvalue weighted by molar-refractivity contribution is 0.102. The fraction of sp³-hybridized carbons (Fsp3) is 0.150. The summed E-state index contributed by atoms with van der Waals surface area (Å²) in [6, 6.07) is 16.4. The zero-order valence-corrected chi connectivity index (χ0v) is 15.3. The first-order valence-corrected chi connectivity index (χ1v) is 9.02. The molecule has 1 amide bonds. The van der Waals surface area contributed by atoms with Gasteiger partial charge in [0.25, 0.3) is 5.91 Å². The quantitative estimate of drug-likeness (QED) is 0.664. The molecule has 2 aromatic carbocycles. The van der Waals surface area contributed by atoms with Gasteiger partial charge in [-0.3, -0.25) is 4.79 Å². The molecule has 3 rings (SSSR count). The Hall–Kier alpha value is -3.04. The minimum atomic E-state index is -0.207. The number of hydrogen-bond acceptors (Lipinski definition) is 5. The van der Waals surface area contributed by atoms with Gasteiger partial charge in [-0.05, 0) is 44.2 Å². The van der Waals surface area contributed by atoms with Gasteiger partial charge in [-0.15, -0.1) is 11.8 Å². The summed E-state index contributed by atoms with van der Waals surface area (Å²) in [6.07, 6.45) is 0. The number of nitriles is 1. The van der Waals surface area contributed by atoms with Crippen molar-refractivity contribution in [2.45, 2.75) is 24.5 Å². The second kappa shape index (κ2) is 7.89. The van der Waals surface area contributed by atoms with E-state index in [4.69, 9.17) is 9.78 Å². The van der Waals surface area contributed by atoms with E-state index in [1.54, 1.807) is 42.1 Å². The third-order valence-corrected chi connectivity index (χ3v) is 5.03. The van der Waals surface area contributed by atoms with E-state index >= 15 is 0 Å². The number of hydrogen-bond donors (Lipinski definition) is 1. The Bertz CT molecular complexity index is 969. The number of thioether (sulfide) groups is 1. The molecule has 26 heavy (non-hydrogen) atoms. The first-order chi connectivity index (χ1) is 12.6. The van der Waals surface area contributed by atoms with Crippen LogP contribution in [0.3, 0.4) is 0 Å². The first kappa shape index (κ1) is 17.8. The molecule has 0 saturated heterocycles. The number of nitrogens with zero attached hydrogens (tertiary/aromatic N) is 2. The van der Waals surface area contributed by atoms with Crippen LogP contribution in [-0.2, 0) is 5.75 Å². The molecule has 1 N–H and O–H groups in total. The largest absolute Gasteiger partial charge is 0.361 e. The fourth-order valence-corrected chi connectivity index (χ4v) is 3.71. The molecule has 0 saturated carbocycles. The maximum absolute atomic E-state index is 12.7. The number of anilines is 1. The Morgan fingerprint density at radius 3 is 2.77 bits per heavy atom. The van der Waals surface area contributed by atoms with Crippen molar-refractivity contribution in [3.05, 3.63) is 76.7 Å². The number of rotatable bonds is 5. The number of carbonyl (C=O) groups excluding carboxylic acids is 1. The van der Waals surface area contributed by atoms with Gasteiger partial charge in [0.1, 0.15) is 5.76 Å². The van der Waals surface area contributed by atoms with Crippen molar-refractivity contribution in [3.63, 3.8) is 0 Å². The van der Waals surface area contributed by atoms with Gasteiger partial charge in [-0.2, -0.15) is 5.26 Å². The number of aryl methyl sites for hydroxylation is 2. The van der Waals surface area contributed by atoms with Crippen molar-refractivity contribution in [1.82, 2.24) is 5.16 Å². The van der Waals surface area contributed by atoms with Crippen molar-refractivity contribution < 1.29 is 9.32 Å². The Kier molecular flexibility index (Phi) is 5.40. The SMILES string of the molecule is Cc1noc(C)c1CSc1ccccc1C(=O)Nc1cccc(C#N)c1. The molecule has 1 heterocycles. The third-order valence-electron chi connectivity index (χ3n) is 3.93. The Morgan fingerprint density at radius 2 is 2.04 bits per heavy atom. The van der Waals surface area contributed by atoms with Crippen LogP contribution in [0.1, 0.15) is 32.9 Å². The molecule has 1 aromatic heterocycles. The highest BCUT2D eigenvalue weighted by Crippen LogP contribution is 2.29. The molecule has 0 unspecified atom stereocenters. The molecular formula is C20H17N3O2S. The van der Waals surface area contributed by atoms with Crippen molar-refractivity contribution in [1.29, 1.82) is 5.26 Å². The van der Waals surface area contributed by atoms with E-state index in [9.17, 15) is 4.79 Å². The highest BCUT2D eigenvalue weighted by atomic mass is 32.2. The summed E-state index contributed by atoms with van der Waals surface area (Å²) in [4.78, 5) is 13.6. The average molecular weight is 363 g/mol. The summed E-state index contributed by atoms with van der Waals surface area (Å²) in [5.41, 5.74) is 3.60. The van der Waals surface area contributed by atoms with Gasteiger partial charge in [0, 0.05) is 21.9 Å². The normalized spacial score (nSPS) is 10.3. The molecule has 0 spiro atoms. The predicted molar refractivity (Wildman–Crippen MR) is 101 cm³/mol. The van der Waals surface area contributed by atoms with Crippen LogP contribution in [-0.4, -0.2) is 11.1 Å². The maximum Gasteiger partial charge on any atom is 0.256 e. The minimum absolute atomic E-state index is 0.207. The molecule has 5 nitrogen and oxygen atoms in total. The van der Waals surface area contributed by atoms with Crippen molar-refractivity contribution in [3.8, 4) is 6.07 Å². The first-order valence-electron chi connectivity index (χ1n) is 8.03. The molecule has 0 radical (unpaired) electrons. The zero-order chi connectivity index (χ0) is 18.5. The Labute approximate surface area is 156 Å². The molecule has 0 bridgehead atoms. The summed E-state index contributed by atoms with van der Waals surface area (Å²) in [6.45, 7) is 3.80. The van der Waals surface area contributed by atoms with E-state index < -0.39 is 0 Å². The molecule has 3 aromatic rings. The number of nitrogens with one attached hydrogen (secondary N) is 1.